The van der Waals surface area contributed by atoms with E-state index in [1.54, 1.807) is 12.1 Å². The molecule has 1 nitrogen and oxygen atoms in total. The fourth-order valence-corrected chi connectivity index (χ4v) is 3.66. The van der Waals surface area contributed by atoms with E-state index in [4.69, 9.17) is 11.6 Å². The maximum absolute atomic E-state index is 13.6. The van der Waals surface area contributed by atoms with Crippen LogP contribution in [0.15, 0.2) is 18.2 Å². The van der Waals surface area contributed by atoms with Crippen LogP contribution in [0.25, 0.3) is 0 Å². The van der Waals surface area contributed by atoms with Gasteiger partial charge in [-0.15, -0.1) is 0 Å². The molecule has 1 aliphatic carbocycles. The molecular weight excluding hydrogens is 273 g/mol. The van der Waals surface area contributed by atoms with E-state index < -0.39 is 0 Å². The topological polar surface area (TPSA) is 12.0 Å². The lowest BCUT2D eigenvalue weighted by Gasteiger charge is -2.36. The van der Waals surface area contributed by atoms with E-state index in [1.165, 1.54) is 25.7 Å². The summed E-state index contributed by atoms with van der Waals surface area (Å²) in [6, 6.07) is 5.26. The molecule has 3 heteroatoms. The molecule has 0 spiro atoms. The van der Waals surface area contributed by atoms with Crippen molar-refractivity contribution in [1.29, 1.82) is 0 Å². The highest BCUT2D eigenvalue weighted by Crippen LogP contribution is 2.37. The van der Waals surface area contributed by atoms with Crippen molar-refractivity contribution in [1.82, 2.24) is 5.32 Å². The molecule has 1 N–H and O–H groups in total. The monoisotopic (exact) mass is 297 g/mol. The Morgan fingerprint density at radius 3 is 2.75 bits per heavy atom. The summed E-state index contributed by atoms with van der Waals surface area (Å²) < 4.78 is 13.6. The molecule has 1 saturated carbocycles. The summed E-state index contributed by atoms with van der Waals surface area (Å²) in [4.78, 5) is 0. The lowest BCUT2D eigenvalue weighted by molar-refractivity contribution is 0.173. The Kier molecular flexibility index (Phi) is 5.86. The first kappa shape index (κ1) is 15.8. The van der Waals surface area contributed by atoms with Crippen LogP contribution in [-0.4, -0.2) is 13.6 Å². The zero-order chi connectivity index (χ0) is 14.5. The maximum Gasteiger partial charge on any atom is 0.142 e. The number of halogens is 2. The van der Waals surface area contributed by atoms with Gasteiger partial charge < -0.3 is 5.32 Å². The van der Waals surface area contributed by atoms with Crippen LogP contribution in [-0.2, 0) is 6.42 Å². The second-order valence-electron chi connectivity index (χ2n) is 6.12. The third kappa shape index (κ3) is 3.95. The number of nitrogens with one attached hydrogen (secondary N) is 1. The highest BCUT2D eigenvalue weighted by atomic mass is 35.5. The smallest absolute Gasteiger partial charge is 0.142 e. The van der Waals surface area contributed by atoms with E-state index in [9.17, 15) is 4.39 Å². The average molecular weight is 298 g/mol. The zero-order valence-electron chi connectivity index (χ0n) is 12.5. The van der Waals surface area contributed by atoms with Crippen LogP contribution in [0.4, 0.5) is 4.39 Å². The minimum atomic E-state index is -0.294. The molecule has 3 atom stereocenters. The predicted molar refractivity (Wildman–Crippen MR) is 83.7 cm³/mol. The molecule has 0 amide bonds. The fraction of sp³-hybridized carbons (Fsp3) is 0.647. The van der Waals surface area contributed by atoms with Crippen molar-refractivity contribution in [2.24, 2.45) is 17.8 Å². The molecule has 1 aromatic rings. The molecule has 2 rings (SSSR count). The van der Waals surface area contributed by atoms with Crippen LogP contribution in [0, 0.1) is 23.6 Å². The molecule has 112 valence electrons. The third-order valence-electron chi connectivity index (χ3n) is 4.77. The van der Waals surface area contributed by atoms with Crippen LogP contribution in [0.3, 0.4) is 0 Å². The van der Waals surface area contributed by atoms with Gasteiger partial charge in [-0.25, -0.2) is 4.39 Å². The molecule has 1 aromatic carbocycles. The van der Waals surface area contributed by atoms with Gasteiger partial charge in [0, 0.05) is 0 Å². The van der Waals surface area contributed by atoms with Gasteiger partial charge in [0.15, 0.2) is 0 Å². The van der Waals surface area contributed by atoms with Crippen LogP contribution in [0.5, 0.6) is 0 Å². The highest BCUT2D eigenvalue weighted by molar-refractivity contribution is 6.30. The molecule has 20 heavy (non-hydrogen) atoms. The van der Waals surface area contributed by atoms with Crippen molar-refractivity contribution in [3.05, 3.63) is 34.6 Å². The van der Waals surface area contributed by atoms with Gasteiger partial charge in [0.05, 0.1) is 5.02 Å². The highest BCUT2D eigenvalue weighted by Gasteiger charge is 2.29. The van der Waals surface area contributed by atoms with Crippen LogP contribution in [0.1, 0.15) is 38.2 Å². The van der Waals surface area contributed by atoms with E-state index in [1.807, 2.05) is 13.1 Å². The summed E-state index contributed by atoms with van der Waals surface area (Å²) >= 11 is 5.76. The van der Waals surface area contributed by atoms with Crippen LogP contribution >= 0.6 is 11.6 Å². The first-order valence-electron chi connectivity index (χ1n) is 7.72. The minimum absolute atomic E-state index is 0.218. The Bertz CT molecular complexity index is 435. The molecule has 0 aromatic heterocycles. The predicted octanol–water partition coefficient (Wildman–Crippen LogP) is 4.68. The van der Waals surface area contributed by atoms with E-state index in [0.717, 1.165) is 24.4 Å². The molecule has 1 fully saturated rings. The van der Waals surface area contributed by atoms with Gasteiger partial charge >= 0.3 is 0 Å². The summed E-state index contributed by atoms with van der Waals surface area (Å²) in [6.07, 6.45) is 6.14. The van der Waals surface area contributed by atoms with Crippen molar-refractivity contribution in [3.8, 4) is 0 Å². The zero-order valence-corrected chi connectivity index (χ0v) is 13.2. The van der Waals surface area contributed by atoms with E-state index in [2.05, 4.69) is 12.2 Å². The molecule has 0 radical (unpaired) electrons. The Morgan fingerprint density at radius 2 is 2.10 bits per heavy atom. The Hall–Kier alpha value is -0.600. The molecule has 0 bridgehead atoms. The average Bonchev–Trinajstić information content (AvgIpc) is 2.45. The lowest BCUT2D eigenvalue weighted by Crippen LogP contribution is -2.33. The molecule has 1 aliphatic rings. The quantitative estimate of drug-likeness (QED) is 0.832. The lowest BCUT2D eigenvalue weighted by atomic mass is 9.71. The standard InChI is InChI=1S/C17H25ClFN/c1-3-12-4-6-14(11-20-2)15(8-12)9-13-5-7-16(18)17(19)10-13/h5,7,10,12,14-15,20H,3-4,6,8-9,11H2,1-2H3. The van der Waals surface area contributed by atoms with Gasteiger partial charge in [0.1, 0.15) is 5.82 Å². The summed E-state index contributed by atoms with van der Waals surface area (Å²) in [7, 11) is 2.02. The van der Waals surface area contributed by atoms with Gasteiger partial charge in [0.25, 0.3) is 0 Å². The number of benzene rings is 1. The number of hydrogen-bond acceptors (Lipinski definition) is 1. The molecular formula is C17H25ClFN. The Morgan fingerprint density at radius 1 is 1.30 bits per heavy atom. The third-order valence-corrected chi connectivity index (χ3v) is 5.08. The van der Waals surface area contributed by atoms with Gasteiger partial charge in [-0.05, 0) is 68.3 Å². The number of hydrogen-bond donors (Lipinski definition) is 1. The van der Waals surface area contributed by atoms with E-state index in [-0.39, 0.29) is 10.8 Å². The van der Waals surface area contributed by atoms with Crippen molar-refractivity contribution in [3.63, 3.8) is 0 Å². The first-order valence-corrected chi connectivity index (χ1v) is 8.10. The van der Waals surface area contributed by atoms with Gasteiger partial charge in [-0.3, -0.25) is 0 Å². The molecule has 0 heterocycles. The van der Waals surface area contributed by atoms with Gasteiger partial charge in [-0.1, -0.05) is 37.4 Å². The van der Waals surface area contributed by atoms with E-state index >= 15 is 0 Å². The van der Waals surface area contributed by atoms with E-state index in [0.29, 0.717) is 11.8 Å². The second kappa shape index (κ2) is 7.42. The number of rotatable bonds is 5. The van der Waals surface area contributed by atoms with Crippen molar-refractivity contribution in [2.45, 2.75) is 39.0 Å². The second-order valence-corrected chi connectivity index (χ2v) is 6.52. The van der Waals surface area contributed by atoms with Gasteiger partial charge in [0.2, 0.25) is 0 Å². The Balaban J connectivity index is 2.07. The van der Waals surface area contributed by atoms with Crippen LogP contribution < -0.4 is 5.32 Å². The molecule has 0 aliphatic heterocycles. The van der Waals surface area contributed by atoms with Crippen molar-refractivity contribution in [2.75, 3.05) is 13.6 Å². The summed E-state index contributed by atoms with van der Waals surface area (Å²) in [5.74, 6) is 1.91. The summed E-state index contributed by atoms with van der Waals surface area (Å²) in [5, 5.41) is 3.53. The molecule has 3 unspecified atom stereocenters. The van der Waals surface area contributed by atoms with Crippen molar-refractivity contribution >= 4 is 11.6 Å². The van der Waals surface area contributed by atoms with Crippen molar-refractivity contribution < 1.29 is 4.39 Å². The van der Waals surface area contributed by atoms with Gasteiger partial charge in [-0.2, -0.15) is 0 Å². The largest absolute Gasteiger partial charge is 0.319 e. The summed E-state index contributed by atoms with van der Waals surface area (Å²) in [6.45, 7) is 3.35. The molecule has 0 saturated heterocycles. The summed E-state index contributed by atoms with van der Waals surface area (Å²) in [5.41, 5.74) is 1.08. The first-order chi connectivity index (χ1) is 9.63. The SMILES string of the molecule is CCC1CCC(CNC)C(Cc2ccc(Cl)c(F)c2)C1. The normalized spacial score (nSPS) is 26.7. The van der Waals surface area contributed by atoms with Crippen LogP contribution in [0.2, 0.25) is 5.02 Å². The fourth-order valence-electron chi connectivity index (χ4n) is 3.54. The Labute approximate surface area is 126 Å². The maximum atomic E-state index is 13.6. The minimum Gasteiger partial charge on any atom is -0.319 e.